The monoisotopic (exact) mass is 408 g/mol. The Morgan fingerprint density at radius 3 is 2.45 bits per heavy atom. The zero-order chi connectivity index (χ0) is 21.7. The third-order valence-electron chi connectivity index (χ3n) is 4.26. The molecule has 29 heavy (non-hydrogen) atoms. The van der Waals surface area contributed by atoms with Crippen molar-refractivity contribution in [3.8, 4) is 0 Å². The number of aromatic nitrogens is 1. The lowest BCUT2D eigenvalue weighted by atomic mass is 10.1. The number of aryl methyl sites for hydroxylation is 1. The van der Waals surface area contributed by atoms with Crippen LogP contribution in [0.4, 0.5) is 8.78 Å². The molecule has 0 fully saturated rings. The number of carbonyl (C=O) groups is 3. The van der Waals surface area contributed by atoms with E-state index in [9.17, 15) is 23.2 Å². The number of carbonyl (C=O) groups excluding carboxylic acids is 3. The Kier molecular flexibility index (Phi) is 7.08. The van der Waals surface area contributed by atoms with E-state index >= 15 is 0 Å². The van der Waals surface area contributed by atoms with Gasteiger partial charge in [-0.15, -0.1) is 0 Å². The molecule has 1 heterocycles. The van der Waals surface area contributed by atoms with Crippen LogP contribution in [0.1, 0.15) is 57.6 Å². The highest BCUT2D eigenvalue weighted by atomic mass is 19.1. The molecule has 0 aliphatic heterocycles. The van der Waals surface area contributed by atoms with Crippen LogP contribution in [0.3, 0.4) is 0 Å². The van der Waals surface area contributed by atoms with Gasteiger partial charge in [-0.3, -0.25) is 4.79 Å². The number of esters is 2. The maximum Gasteiger partial charge on any atom is 0.355 e. The van der Waals surface area contributed by atoms with Crippen molar-refractivity contribution in [3.05, 3.63) is 57.9 Å². The largest absolute Gasteiger partial charge is 0.461 e. The average molecular weight is 408 g/mol. The van der Waals surface area contributed by atoms with Crippen LogP contribution < -0.4 is 5.32 Å². The molecule has 9 heteroatoms. The van der Waals surface area contributed by atoms with E-state index < -0.39 is 42.1 Å². The van der Waals surface area contributed by atoms with Gasteiger partial charge in [-0.1, -0.05) is 6.07 Å². The Bertz CT molecular complexity index is 939. The number of aromatic amines is 1. The van der Waals surface area contributed by atoms with Gasteiger partial charge in [0.1, 0.15) is 17.3 Å². The Balaban J connectivity index is 2.00. The lowest BCUT2D eigenvalue weighted by Crippen LogP contribution is -2.31. The van der Waals surface area contributed by atoms with Crippen molar-refractivity contribution in [2.45, 2.75) is 33.7 Å². The van der Waals surface area contributed by atoms with Gasteiger partial charge in [0, 0.05) is 17.3 Å². The van der Waals surface area contributed by atoms with Crippen molar-refractivity contribution < 1.29 is 32.6 Å². The molecule has 2 rings (SSSR count). The van der Waals surface area contributed by atoms with Crippen LogP contribution >= 0.6 is 0 Å². The minimum atomic E-state index is -0.792. The Labute approximate surface area is 166 Å². The van der Waals surface area contributed by atoms with Gasteiger partial charge in [-0.2, -0.15) is 0 Å². The van der Waals surface area contributed by atoms with Crippen molar-refractivity contribution in [3.63, 3.8) is 0 Å². The molecule has 1 aromatic heterocycles. The third kappa shape index (κ3) is 5.18. The molecule has 2 aromatic rings. The van der Waals surface area contributed by atoms with Crippen LogP contribution in [-0.4, -0.2) is 36.0 Å². The van der Waals surface area contributed by atoms with Crippen LogP contribution in [0, 0.1) is 25.5 Å². The van der Waals surface area contributed by atoms with Crippen molar-refractivity contribution >= 4 is 17.8 Å². The summed E-state index contributed by atoms with van der Waals surface area (Å²) in [4.78, 5) is 39.1. The predicted molar refractivity (Wildman–Crippen MR) is 99.4 cm³/mol. The van der Waals surface area contributed by atoms with Crippen molar-refractivity contribution in [1.82, 2.24) is 10.3 Å². The van der Waals surface area contributed by atoms with Crippen LogP contribution in [0.5, 0.6) is 0 Å². The summed E-state index contributed by atoms with van der Waals surface area (Å²) < 4.78 is 36.7. The van der Waals surface area contributed by atoms with Crippen LogP contribution in [0.2, 0.25) is 0 Å². The first kappa shape index (κ1) is 22.1. The molecule has 7 nitrogen and oxygen atoms in total. The second-order valence-corrected chi connectivity index (χ2v) is 6.38. The minimum Gasteiger partial charge on any atom is -0.461 e. The van der Waals surface area contributed by atoms with Gasteiger partial charge in [0.25, 0.3) is 5.91 Å². The average Bonchev–Trinajstić information content (AvgIpc) is 2.94. The van der Waals surface area contributed by atoms with Gasteiger partial charge < -0.3 is 19.8 Å². The smallest absolute Gasteiger partial charge is 0.355 e. The molecule has 156 valence electrons. The summed E-state index contributed by atoms with van der Waals surface area (Å²) in [5, 5.41) is 2.47. The summed E-state index contributed by atoms with van der Waals surface area (Å²) in [6.07, 6.45) is 0. The van der Waals surface area contributed by atoms with Crippen LogP contribution in [0.15, 0.2) is 18.2 Å². The highest BCUT2D eigenvalue weighted by Crippen LogP contribution is 2.20. The summed E-state index contributed by atoms with van der Waals surface area (Å²) in [6, 6.07) is 2.27. The molecule has 0 radical (unpaired) electrons. The molecule has 0 aliphatic carbocycles. The number of rotatable bonds is 7. The predicted octanol–water partition coefficient (Wildman–Crippen LogP) is 3.12. The van der Waals surface area contributed by atoms with E-state index in [1.807, 2.05) is 0 Å². The normalized spacial score (nSPS) is 11.7. The molecule has 0 saturated carbocycles. The molecule has 0 unspecified atom stereocenters. The number of ether oxygens (including phenoxy) is 2. The van der Waals surface area contributed by atoms with E-state index in [1.54, 1.807) is 20.8 Å². The number of amides is 1. The fourth-order valence-electron chi connectivity index (χ4n) is 2.88. The molecule has 0 saturated heterocycles. The Morgan fingerprint density at radius 2 is 1.83 bits per heavy atom. The van der Waals surface area contributed by atoms with E-state index in [0.717, 1.165) is 12.1 Å². The van der Waals surface area contributed by atoms with E-state index in [2.05, 4.69) is 10.3 Å². The van der Waals surface area contributed by atoms with Crippen molar-refractivity contribution in [2.75, 3.05) is 13.2 Å². The quantitative estimate of drug-likeness (QED) is 0.686. The second-order valence-electron chi connectivity index (χ2n) is 6.38. The van der Waals surface area contributed by atoms with E-state index in [4.69, 9.17) is 9.47 Å². The van der Waals surface area contributed by atoms with Gasteiger partial charge in [0.05, 0.1) is 18.2 Å². The maximum absolute atomic E-state index is 13.8. The zero-order valence-electron chi connectivity index (χ0n) is 16.5. The molecular formula is C20H22F2N2O5. The summed E-state index contributed by atoms with van der Waals surface area (Å²) in [6.45, 7) is 5.91. The van der Waals surface area contributed by atoms with Gasteiger partial charge in [0.15, 0.2) is 6.61 Å². The molecular weight excluding hydrogens is 386 g/mol. The topological polar surface area (TPSA) is 97.5 Å². The first-order valence-corrected chi connectivity index (χ1v) is 8.93. The summed E-state index contributed by atoms with van der Waals surface area (Å²) in [7, 11) is 0. The second kappa shape index (κ2) is 9.31. The fraction of sp³-hybridized carbons (Fsp3) is 0.350. The van der Waals surface area contributed by atoms with Gasteiger partial charge in [-0.05, 0) is 39.3 Å². The number of hydrogen-bond donors (Lipinski definition) is 2. The molecule has 1 amide bonds. The number of hydrogen-bond acceptors (Lipinski definition) is 5. The van der Waals surface area contributed by atoms with Gasteiger partial charge in [0.2, 0.25) is 0 Å². The van der Waals surface area contributed by atoms with E-state index in [-0.39, 0.29) is 23.4 Å². The molecule has 0 spiro atoms. The fourth-order valence-corrected chi connectivity index (χ4v) is 2.88. The summed E-state index contributed by atoms with van der Waals surface area (Å²) in [5.41, 5.74) is 1.13. The van der Waals surface area contributed by atoms with Crippen LogP contribution in [-0.2, 0) is 14.3 Å². The minimum absolute atomic E-state index is 0.0995. The maximum atomic E-state index is 13.8. The van der Waals surface area contributed by atoms with Crippen molar-refractivity contribution in [1.29, 1.82) is 0 Å². The van der Waals surface area contributed by atoms with Gasteiger partial charge >= 0.3 is 11.9 Å². The first-order chi connectivity index (χ1) is 13.6. The number of halogens is 2. The highest BCUT2D eigenvalue weighted by molar-refractivity contribution is 5.99. The highest BCUT2D eigenvalue weighted by Gasteiger charge is 2.24. The molecule has 0 aliphatic rings. The molecule has 2 N–H and O–H groups in total. The molecule has 1 aromatic carbocycles. The number of nitrogens with one attached hydrogen (secondary N) is 2. The van der Waals surface area contributed by atoms with E-state index in [0.29, 0.717) is 11.3 Å². The molecule has 0 bridgehead atoms. The number of benzene rings is 1. The first-order valence-electron chi connectivity index (χ1n) is 8.93. The third-order valence-corrected chi connectivity index (χ3v) is 4.26. The summed E-state index contributed by atoms with van der Waals surface area (Å²) in [5.74, 6) is -3.56. The summed E-state index contributed by atoms with van der Waals surface area (Å²) >= 11 is 0. The van der Waals surface area contributed by atoms with E-state index in [1.165, 1.54) is 13.0 Å². The van der Waals surface area contributed by atoms with Crippen LogP contribution in [0.25, 0.3) is 0 Å². The Hall–Kier alpha value is -3.23. The number of H-pyrrole nitrogens is 1. The Morgan fingerprint density at radius 1 is 1.14 bits per heavy atom. The van der Waals surface area contributed by atoms with Crippen molar-refractivity contribution in [2.24, 2.45) is 0 Å². The SMILES string of the molecule is CCOC(=O)c1[nH]c(C)c(C(=O)OCC(=O)N[C@@H](C)c2ccc(F)cc2F)c1C. The lowest BCUT2D eigenvalue weighted by molar-refractivity contribution is -0.124. The zero-order valence-corrected chi connectivity index (χ0v) is 16.5. The standard InChI is InChI=1S/C20H22F2N2O5/c1-5-28-20(27)18-10(2)17(12(4)24-18)19(26)29-9-16(25)23-11(3)14-7-6-13(21)8-15(14)22/h6-8,11,24H,5,9H2,1-4H3,(H,23,25)/t11-/m0/s1. The molecule has 1 atom stereocenters. The lowest BCUT2D eigenvalue weighted by Gasteiger charge is -2.15. The van der Waals surface area contributed by atoms with Gasteiger partial charge in [-0.25, -0.2) is 18.4 Å².